The second-order valence-electron chi connectivity index (χ2n) is 6.25. The Morgan fingerprint density at radius 3 is 2.88 bits per heavy atom. The lowest BCUT2D eigenvalue weighted by molar-refractivity contribution is -0.125. The summed E-state index contributed by atoms with van der Waals surface area (Å²) in [6.45, 7) is 0.549. The van der Waals surface area contributed by atoms with Crippen LogP contribution in [0.1, 0.15) is 35.9 Å². The van der Waals surface area contributed by atoms with Crippen LogP contribution >= 0.6 is 15.9 Å². The Kier molecular flexibility index (Phi) is 4.21. The van der Waals surface area contributed by atoms with Gasteiger partial charge < -0.3 is 15.4 Å². The van der Waals surface area contributed by atoms with Crippen LogP contribution in [0.25, 0.3) is 0 Å². The van der Waals surface area contributed by atoms with Gasteiger partial charge in [0.2, 0.25) is 11.8 Å². The molecule has 0 bridgehead atoms. The molecule has 0 saturated carbocycles. The van der Waals surface area contributed by atoms with Gasteiger partial charge in [-0.25, -0.2) is 0 Å². The smallest absolute Gasteiger partial charge is 0.232 e. The molecule has 6 heteroatoms. The Balaban J connectivity index is 1.49. The number of ether oxygens (including phenoxy) is 1. The average Bonchev–Trinajstić information content (AvgIpc) is 2.92. The van der Waals surface area contributed by atoms with Crippen molar-refractivity contribution in [3.8, 4) is 5.75 Å². The number of para-hydroxylation sites is 2. The average molecular weight is 401 g/mol. The molecular weight excluding hydrogens is 384 g/mol. The summed E-state index contributed by atoms with van der Waals surface area (Å²) in [5, 5.41) is 5.90. The van der Waals surface area contributed by atoms with Crippen LogP contribution in [0.4, 0.5) is 5.69 Å². The minimum absolute atomic E-state index is 0.103. The van der Waals surface area contributed by atoms with Gasteiger partial charge >= 0.3 is 0 Å². The normalized spacial score (nSPS) is 20.9. The summed E-state index contributed by atoms with van der Waals surface area (Å²) in [6.07, 6.45) is 0.853. The van der Waals surface area contributed by atoms with Crippen molar-refractivity contribution in [1.82, 2.24) is 5.32 Å². The van der Waals surface area contributed by atoms with E-state index in [4.69, 9.17) is 4.74 Å². The van der Waals surface area contributed by atoms with Crippen LogP contribution in [0, 0.1) is 0 Å². The lowest BCUT2D eigenvalue weighted by Crippen LogP contribution is -2.33. The molecule has 0 saturated heterocycles. The minimum atomic E-state index is -0.432. The molecule has 2 atom stereocenters. The lowest BCUT2D eigenvalue weighted by Gasteiger charge is -2.27. The van der Waals surface area contributed by atoms with Crippen molar-refractivity contribution in [3.05, 3.63) is 58.1 Å². The Morgan fingerprint density at radius 2 is 2.00 bits per heavy atom. The summed E-state index contributed by atoms with van der Waals surface area (Å²) >= 11 is 3.48. The predicted molar refractivity (Wildman–Crippen MR) is 97.6 cm³/mol. The number of rotatable bonds is 3. The molecule has 128 valence electrons. The maximum Gasteiger partial charge on any atom is 0.232 e. The Labute approximate surface area is 153 Å². The lowest BCUT2D eigenvalue weighted by atomic mass is 9.95. The minimum Gasteiger partial charge on any atom is -0.492 e. The maximum absolute atomic E-state index is 12.6. The highest BCUT2D eigenvalue weighted by Gasteiger charge is 2.33. The molecule has 2 heterocycles. The monoisotopic (exact) mass is 400 g/mol. The fourth-order valence-corrected chi connectivity index (χ4v) is 3.95. The number of hydrogen-bond donors (Lipinski definition) is 2. The second kappa shape index (κ2) is 6.52. The number of hydrogen-bond acceptors (Lipinski definition) is 3. The molecule has 0 spiro atoms. The van der Waals surface area contributed by atoms with E-state index in [1.165, 1.54) is 0 Å². The molecule has 4 rings (SSSR count). The Bertz CT molecular complexity index is 852. The fourth-order valence-electron chi connectivity index (χ4n) is 3.45. The van der Waals surface area contributed by atoms with Crippen LogP contribution in [-0.2, 0) is 9.59 Å². The van der Waals surface area contributed by atoms with Crippen molar-refractivity contribution in [2.45, 2.75) is 24.8 Å². The number of fused-ring (bicyclic) bond motifs is 2. The van der Waals surface area contributed by atoms with E-state index in [1.54, 1.807) is 0 Å². The van der Waals surface area contributed by atoms with Gasteiger partial charge in [0.15, 0.2) is 0 Å². The van der Waals surface area contributed by atoms with Gasteiger partial charge in [-0.2, -0.15) is 0 Å². The first-order chi connectivity index (χ1) is 12.1. The van der Waals surface area contributed by atoms with E-state index in [2.05, 4.69) is 26.6 Å². The van der Waals surface area contributed by atoms with Gasteiger partial charge in [0.1, 0.15) is 5.75 Å². The molecule has 2 N–H and O–H groups in total. The quantitative estimate of drug-likeness (QED) is 0.827. The second-order valence-corrected chi connectivity index (χ2v) is 7.10. The van der Waals surface area contributed by atoms with Crippen molar-refractivity contribution >= 4 is 33.4 Å². The van der Waals surface area contributed by atoms with Crippen LogP contribution in [0.2, 0.25) is 0 Å². The SMILES string of the molecule is O=C(CC1C(=O)Nc2ccccc21)NC1CCOc2c(Br)cccc21. The van der Waals surface area contributed by atoms with Gasteiger partial charge in [-0.05, 0) is 33.6 Å². The van der Waals surface area contributed by atoms with Crippen LogP contribution < -0.4 is 15.4 Å². The van der Waals surface area contributed by atoms with Gasteiger partial charge in [-0.15, -0.1) is 0 Å². The zero-order valence-corrected chi connectivity index (χ0v) is 15.0. The van der Waals surface area contributed by atoms with Gasteiger partial charge in [-0.1, -0.05) is 30.3 Å². The third-order valence-electron chi connectivity index (χ3n) is 4.66. The predicted octanol–water partition coefficient (Wildman–Crippen LogP) is 3.51. The largest absolute Gasteiger partial charge is 0.492 e. The molecule has 2 aromatic carbocycles. The summed E-state index contributed by atoms with van der Waals surface area (Å²) in [4.78, 5) is 24.8. The summed E-state index contributed by atoms with van der Waals surface area (Å²) < 4.78 is 6.58. The highest BCUT2D eigenvalue weighted by Crippen LogP contribution is 2.38. The molecule has 0 aliphatic carbocycles. The van der Waals surface area contributed by atoms with Crippen LogP contribution in [0.3, 0.4) is 0 Å². The maximum atomic E-state index is 12.6. The topological polar surface area (TPSA) is 67.4 Å². The number of carbonyl (C=O) groups excluding carboxylic acids is 2. The van der Waals surface area contributed by atoms with Crippen molar-refractivity contribution in [2.24, 2.45) is 0 Å². The first-order valence-electron chi connectivity index (χ1n) is 8.24. The van der Waals surface area contributed by atoms with E-state index in [0.717, 1.165) is 27.0 Å². The summed E-state index contributed by atoms with van der Waals surface area (Å²) in [7, 11) is 0. The highest BCUT2D eigenvalue weighted by atomic mass is 79.9. The molecule has 25 heavy (non-hydrogen) atoms. The molecular formula is C19H17BrN2O3. The Morgan fingerprint density at radius 1 is 1.20 bits per heavy atom. The number of halogens is 1. The number of nitrogens with one attached hydrogen (secondary N) is 2. The van der Waals surface area contributed by atoms with Crippen molar-refractivity contribution in [3.63, 3.8) is 0 Å². The first kappa shape index (κ1) is 16.1. The summed E-state index contributed by atoms with van der Waals surface area (Å²) in [5.41, 5.74) is 2.65. The van der Waals surface area contributed by atoms with E-state index in [1.807, 2.05) is 42.5 Å². The number of carbonyl (C=O) groups is 2. The molecule has 0 aromatic heterocycles. The molecule has 2 aromatic rings. The molecule has 0 fully saturated rings. The zero-order valence-electron chi connectivity index (χ0n) is 13.4. The standard InChI is InChI=1S/C19H17BrN2O3/c20-14-6-3-5-12-16(8-9-25-18(12)14)21-17(23)10-13-11-4-1-2-7-15(11)22-19(13)24/h1-7,13,16H,8-10H2,(H,21,23)(H,22,24). The molecule has 2 unspecified atom stereocenters. The molecule has 5 nitrogen and oxygen atoms in total. The molecule has 2 aliphatic rings. The van der Waals surface area contributed by atoms with Crippen LogP contribution in [-0.4, -0.2) is 18.4 Å². The molecule has 2 aliphatic heterocycles. The Hall–Kier alpha value is -2.34. The zero-order chi connectivity index (χ0) is 17.4. The summed E-state index contributed by atoms with van der Waals surface area (Å²) in [5.74, 6) is 0.0992. The van der Waals surface area contributed by atoms with E-state index in [9.17, 15) is 9.59 Å². The van der Waals surface area contributed by atoms with E-state index >= 15 is 0 Å². The van der Waals surface area contributed by atoms with Crippen molar-refractivity contribution in [1.29, 1.82) is 0 Å². The highest BCUT2D eigenvalue weighted by molar-refractivity contribution is 9.10. The first-order valence-corrected chi connectivity index (χ1v) is 9.03. The summed E-state index contributed by atoms with van der Waals surface area (Å²) in [6, 6.07) is 13.2. The van der Waals surface area contributed by atoms with Crippen molar-refractivity contribution < 1.29 is 14.3 Å². The fraction of sp³-hybridized carbons (Fsp3) is 0.263. The van der Waals surface area contributed by atoms with Gasteiger partial charge in [0, 0.05) is 24.1 Å². The van der Waals surface area contributed by atoms with E-state index < -0.39 is 5.92 Å². The van der Waals surface area contributed by atoms with Gasteiger partial charge in [-0.3, -0.25) is 9.59 Å². The number of amides is 2. The number of benzene rings is 2. The number of anilines is 1. The van der Waals surface area contributed by atoms with Crippen LogP contribution in [0.15, 0.2) is 46.9 Å². The van der Waals surface area contributed by atoms with E-state index in [-0.39, 0.29) is 24.3 Å². The van der Waals surface area contributed by atoms with Gasteiger partial charge in [0.25, 0.3) is 0 Å². The molecule has 0 radical (unpaired) electrons. The van der Waals surface area contributed by atoms with E-state index in [0.29, 0.717) is 13.0 Å². The van der Waals surface area contributed by atoms with Crippen LogP contribution in [0.5, 0.6) is 5.75 Å². The van der Waals surface area contributed by atoms with Gasteiger partial charge in [0.05, 0.1) is 23.0 Å². The third kappa shape index (κ3) is 3.02. The third-order valence-corrected chi connectivity index (χ3v) is 5.29. The molecule has 2 amide bonds. The van der Waals surface area contributed by atoms with Crippen molar-refractivity contribution in [2.75, 3.05) is 11.9 Å².